The number of aromatic nitrogens is 1. The van der Waals surface area contributed by atoms with Crippen molar-refractivity contribution in [3.8, 4) is 0 Å². The number of carbonyl (C=O) groups excluding carboxylic acids is 1. The number of hydrogen-bond acceptors (Lipinski definition) is 3. The van der Waals surface area contributed by atoms with Crippen LogP contribution < -0.4 is 11.1 Å². The lowest BCUT2D eigenvalue weighted by Gasteiger charge is -2.04. The van der Waals surface area contributed by atoms with Gasteiger partial charge in [0.2, 0.25) is 0 Å². The van der Waals surface area contributed by atoms with Crippen molar-refractivity contribution in [3.63, 3.8) is 0 Å². The summed E-state index contributed by atoms with van der Waals surface area (Å²) in [6.45, 7) is 0.474. The average Bonchev–Trinajstić information content (AvgIpc) is 2.40. The van der Waals surface area contributed by atoms with Crippen molar-refractivity contribution in [3.05, 3.63) is 59.8 Å². The van der Waals surface area contributed by atoms with Crippen molar-refractivity contribution in [2.45, 2.75) is 6.54 Å². The first-order valence-electron chi connectivity index (χ1n) is 5.31. The van der Waals surface area contributed by atoms with Gasteiger partial charge in [0.25, 0.3) is 5.91 Å². The SMILES string of the molecule is Br.Br.NCc1ccc(C(=O)Nc2ccccn2)cc1. The molecule has 2 rings (SSSR count). The van der Waals surface area contributed by atoms with Gasteiger partial charge in [-0.3, -0.25) is 4.79 Å². The minimum absolute atomic E-state index is 0. The number of nitrogens with one attached hydrogen (secondary N) is 1. The number of hydrogen-bond donors (Lipinski definition) is 2. The molecule has 0 bridgehead atoms. The Morgan fingerprint density at radius 3 is 2.32 bits per heavy atom. The van der Waals surface area contributed by atoms with E-state index >= 15 is 0 Å². The van der Waals surface area contributed by atoms with Crippen molar-refractivity contribution in [1.29, 1.82) is 0 Å². The summed E-state index contributed by atoms with van der Waals surface area (Å²) >= 11 is 0. The number of benzene rings is 1. The summed E-state index contributed by atoms with van der Waals surface area (Å²) in [5, 5.41) is 2.71. The van der Waals surface area contributed by atoms with E-state index < -0.39 is 0 Å². The van der Waals surface area contributed by atoms with Crippen LogP contribution in [-0.4, -0.2) is 10.9 Å². The Morgan fingerprint density at radius 1 is 1.11 bits per heavy atom. The van der Waals surface area contributed by atoms with Crippen molar-refractivity contribution in [1.82, 2.24) is 4.98 Å². The van der Waals surface area contributed by atoms with E-state index in [9.17, 15) is 4.79 Å². The Kier molecular flexibility index (Phi) is 8.22. The summed E-state index contributed by atoms with van der Waals surface area (Å²) in [5.74, 6) is 0.368. The molecular formula is C13H15Br2N3O. The molecule has 1 aromatic heterocycles. The molecule has 0 aliphatic rings. The number of anilines is 1. The van der Waals surface area contributed by atoms with E-state index in [1.54, 1.807) is 30.5 Å². The Bertz CT molecular complexity index is 503. The van der Waals surface area contributed by atoms with Crippen LogP contribution in [0.3, 0.4) is 0 Å². The summed E-state index contributed by atoms with van der Waals surface area (Å²) < 4.78 is 0. The molecule has 102 valence electrons. The fraction of sp³-hybridized carbons (Fsp3) is 0.0769. The number of pyridine rings is 1. The third-order valence-corrected chi connectivity index (χ3v) is 2.36. The van der Waals surface area contributed by atoms with Gasteiger partial charge in [0.05, 0.1) is 0 Å². The number of amides is 1. The molecule has 3 N–H and O–H groups in total. The van der Waals surface area contributed by atoms with E-state index in [-0.39, 0.29) is 39.9 Å². The van der Waals surface area contributed by atoms with E-state index in [0.29, 0.717) is 17.9 Å². The van der Waals surface area contributed by atoms with Gasteiger partial charge in [-0.25, -0.2) is 4.98 Å². The van der Waals surface area contributed by atoms with Gasteiger partial charge in [0.15, 0.2) is 0 Å². The number of carbonyl (C=O) groups is 1. The lowest BCUT2D eigenvalue weighted by atomic mass is 10.1. The van der Waals surface area contributed by atoms with Crippen molar-refractivity contribution in [2.75, 3.05) is 5.32 Å². The molecule has 1 heterocycles. The minimum atomic E-state index is -0.174. The van der Waals surface area contributed by atoms with Gasteiger partial charge in [-0.2, -0.15) is 0 Å². The molecule has 19 heavy (non-hydrogen) atoms. The molecule has 0 aliphatic heterocycles. The normalized spacial score (nSPS) is 8.89. The highest BCUT2D eigenvalue weighted by Crippen LogP contribution is 2.07. The standard InChI is InChI=1S/C13H13N3O.2BrH/c14-9-10-4-6-11(7-5-10)13(17)16-12-3-1-2-8-15-12;;/h1-8H,9,14H2,(H,15,16,17);2*1H. The van der Waals surface area contributed by atoms with Gasteiger partial charge in [0.1, 0.15) is 5.82 Å². The summed E-state index contributed by atoms with van der Waals surface area (Å²) in [7, 11) is 0. The Morgan fingerprint density at radius 2 is 1.79 bits per heavy atom. The zero-order valence-electron chi connectivity index (χ0n) is 10.1. The fourth-order valence-electron chi connectivity index (χ4n) is 1.42. The molecule has 2 aromatic rings. The highest BCUT2D eigenvalue weighted by molar-refractivity contribution is 8.93. The molecule has 0 radical (unpaired) electrons. The zero-order valence-corrected chi connectivity index (χ0v) is 13.5. The van der Waals surface area contributed by atoms with Gasteiger partial charge in [-0.15, -0.1) is 34.0 Å². The maximum Gasteiger partial charge on any atom is 0.256 e. The van der Waals surface area contributed by atoms with Crippen LogP contribution in [0.5, 0.6) is 0 Å². The van der Waals surface area contributed by atoms with Gasteiger partial charge >= 0.3 is 0 Å². The van der Waals surface area contributed by atoms with Crippen LogP contribution >= 0.6 is 34.0 Å². The molecule has 0 spiro atoms. The van der Waals surface area contributed by atoms with E-state index in [0.717, 1.165) is 5.56 Å². The van der Waals surface area contributed by atoms with Crippen LogP contribution in [0.15, 0.2) is 48.7 Å². The molecule has 0 fully saturated rings. The Labute approximate surface area is 133 Å². The number of halogens is 2. The molecule has 0 unspecified atom stereocenters. The summed E-state index contributed by atoms with van der Waals surface area (Å²) in [6, 6.07) is 12.5. The quantitative estimate of drug-likeness (QED) is 0.849. The maximum atomic E-state index is 11.8. The summed E-state index contributed by atoms with van der Waals surface area (Å²) in [5.41, 5.74) is 7.08. The van der Waals surface area contributed by atoms with Gasteiger partial charge < -0.3 is 11.1 Å². The second-order valence-electron chi connectivity index (χ2n) is 3.57. The monoisotopic (exact) mass is 387 g/mol. The van der Waals surface area contributed by atoms with Crippen LogP contribution in [0.4, 0.5) is 5.82 Å². The van der Waals surface area contributed by atoms with E-state index in [4.69, 9.17) is 5.73 Å². The van der Waals surface area contributed by atoms with Crippen molar-refractivity contribution < 1.29 is 4.79 Å². The second kappa shape index (κ2) is 8.79. The third kappa shape index (κ3) is 5.10. The van der Waals surface area contributed by atoms with Gasteiger partial charge in [-0.1, -0.05) is 18.2 Å². The lowest BCUT2D eigenvalue weighted by molar-refractivity contribution is 0.102. The van der Waals surface area contributed by atoms with Crippen molar-refractivity contribution >= 4 is 45.7 Å². The molecular weight excluding hydrogens is 374 g/mol. The number of nitrogens with two attached hydrogens (primary N) is 1. The lowest BCUT2D eigenvalue weighted by Crippen LogP contribution is -2.12. The first-order chi connectivity index (χ1) is 8.29. The molecule has 0 aliphatic carbocycles. The topological polar surface area (TPSA) is 68.0 Å². The molecule has 0 atom stereocenters. The second-order valence-corrected chi connectivity index (χ2v) is 3.57. The first-order valence-corrected chi connectivity index (χ1v) is 5.31. The fourth-order valence-corrected chi connectivity index (χ4v) is 1.42. The van der Waals surface area contributed by atoms with E-state index in [2.05, 4.69) is 10.3 Å². The molecule has 0 saturated heterocycles. The number of rotatable bonds is 3. The predicted octanol–water partition coefficient (Wildman–Crippen LogP) is 2.95. The average molecular weight is 389 g/mol. The maximum absolute atomic E-state index is 11.8. The van der Waals surface area contributed by atoms with Crippen LogP contribution in [0.2, 0.25) is 0 Å². The van der Waals surface area contributed by atoms with Gasteiger partial charge in [-0.05, 0) is 29.8 Å². The van der Waals surface area contributed by atoms with E-state index in [1.165, 1.54) is 0 Å². The first kappa shape index (κ1) is 17.8. The van der Waals surface area contributed by atoms with Crippen LogP contribution in [0.25, 0.3) is 0 Å². The molecule has 1 aromatic carbocycles. The summed E-state index contributed by atoms with van der Waals surface area (Å²) in [4.78, 5) is 15.9. The Balaban J connectivity index is 0.00000162. The molecule has 0 saturated carbocycles. The molecule has 6 heteroatoms. The van der Waals surface area contributed by atoms with Gasteiger partial charge in [0, 0.05) is 18.3 Å². The minimum Gasteiger partial charge on any atom is -0.326 e. The summed E-state index contributed by atoms with van der Waals surface area (Å²) in [6.07, 6.45) is 1.63. The van der Waals surface area contributed by atoms with Crippen molar-refractivity contribution in [2.24, 2.45) is 5.73 Å². The highest BCUT2D eigenvalue weighted by atomic mass is 79.9. The smallest absolute Gasteiger partial charge is 0.256 e. The highest BCUT2D eigenvalue weighted by Gasteiger charge is 2.05. The van der Waals surface area contributed by atoms with E-state index in [1.807, 2.05) is 18.2 Å². The van der Waals surface area contributed by atoms with Crippen LogP contribution in [0, 0.1) is 0 Å². The largest absolute Gasteiger partial charge is 0.326 e. The Hall–Kier alpha value is -1.24. The molecule has 4 nitrogen and oxygen atoms in total. The third-order valence-electron chi connectivity index (χ3n) is 2.36. The zero-order chi connectivity index (χ0) is 12.1. The molecule has 1 amide bonds. The number of nitrogens with zero attached hydrogens (tertiary/aromatic N) is 1. The van der Waals surface area contributed by atoms with Crippen LogP contribution in [-0.2, 0) is 6.54 Å². The predicted molar refractivity (Wildman–Crippen MR) is 87.2 cm³/mol. The van der Waals surface area contributed by atoms with Crippen LogP contribution in [0.1, 0.15) is 15.9 Å².